The summed E-state index contributed by atoms with van der Waals surface area (Å²) in [6.45, 7) is 2.04. The molecule has 0 spiro atoms. The standard InChI is InChI=1S/C24H31FN2O5/c1-31-12-10-27-22(29)14-24(23(27)30,19-6-2-3-7-20(19)25)13-21(28)26(15-17-8-9-17)16-18-5-4-11-32-18/h2-3,6-7,17-18H,4-5,8-16H2,1H3/t18-,24+/m1/s1. The summed E-state index contributed by atoms with van der Waals surface area (Å²) in [5.74, 6) is -1.28. The molecular formula is C24H31FN2O5. The predicted octanol–water partition coefficient (Wildman–Crippen LogP) is 2.28. The summed E-state index contributed by atoms with van der Waals surface area (Å²) in [6.07, 6.45) is 3.56. The van der Waals surface area contributed by atoms with Crippen LogP contribution in [-0.2, 0) is 29.3 Å². The number of hydrogen-bond donors (Lipinski definition) is 0. The molecule has 3 amide bonds. The van der Waals surface area contributed by atoms with E-state index in [-0.39, 0.29) is 43.6 Å². The molecule has 3 aliphatic rings. The number of rotatable bonds is 10. The number of carbonyl (C=O) groups is 3. The lowest BCUT2D eigenvalue weighted by Gasteiger charge is -2.32. The Kier molecular flexibility index (Phi) is 6.90. The molecule has 3 fully saturated rings. The molecule has 32 heavy (non-hydrogen) atoms. The van der Waals surface area contributed by atoms with Crippen molar-refractivity contribution < 1.29 is 28.2 Å². The van der Waals surface area contributed by atoms with Gasteiger partial charge in [0.2, 0.25) is 17.7 Å². The Balaban J connectivity index is 1.62. The Hall–Kier alpha value is -2.32. The van der Waals surface area contributed by atoms with Crippen molar-refractivity contribution in [3.8, 4) is 0 Å². The highest BCUT2D eigenvalue weighted by Gasteiger charge is 2.55. The Morgan fingerprint density at radius 2 is 2.03 bits per heavy atom. The molecule has 1 saturated carbocycles. The molecule has 0 aromatic heterocycles. The summed E-state index contributed by atoms with van der Waals surface area (Å²) in [5, 5.41) is 0. The molecule has 174 valence electrons. The van der Waals surface area contributed by atoms with Gasteiger partial charge < -0.3 is 14.4 Å². The van der Waals surface area contributed by atoms with E-state index in [1.54, 1.807) is 11.0 Å². The van der Waals surface area contributed by atoms with E-state index in [9.17, 15) is 18.8 Å². The largest absolute Gasteiger partial charge is 0.383 e. The maximum absolute atomic E-state index is 14.9. The molecule has 0 radical (unpaired) electrons. The Morgan fingerprint density at radius 3 is 2.69 bits per heavy atom. The zero-order valence-corrected chi connectivity index (χ0v) is 18.6. The number of benzene rings is 1. The highest BCUT2D eigenvalue weighted by Crippen LogP contribution is 2.42. The number of amides is 3. The van der Waals surface area contributed by atoms with Gasteiger partial charge in [-0.1, -0.05) is 18.2 Å². The van der Waals surface area contributed by atoms with Crippen molar-refractivity contribution in [2.45, 2.75) is 50.0 Å². The fourth-order valence-corrected chi connectivity index (χ4v) is 4.80. The quantitative estimate of drug-likeness (QED) is 0.516. The second kappa shape index (κ2) is 9.67. The average molecular weight is 447 g/mol. The van der Waals surface area contributed by atoms with Gasteiger partial charge in [-0.2, -0.15) is 0 Å². The number of methoxy groups -OCH3 is 1. The van der Waals surface area contributed by atoms with Crippen LogP contribution in [0.25, 0.3) is 0 Å². The van der Waals surface area contributed by atoms with Gasteiger partial charge in [0.15, 0.2) is 0 Å². The van der Waals surface area contributed by atoms with Crippen molar-refractivity contribution in [3.63, 3.8) is 0 Å². The third-order valence-corrected chi connectivity index (χ3v) is 6.75. The molecule has 0 N–H and O–H groups in total. The van der Waals surface area contributed by atoms with Crippen molar-refractivity contribution in [1.82, 2.24) is 9.80 Å². The number of imide groups is 1. The second-order valence-electron chi connectivity index (χ2n) is 9.14. The normalized spacial score (nSPS) is 25.6. The van der Waals surface area contributed by atoms with Crippen molar-refractivity contribution in [2.24, 2.45) is 5.92 Å². The number of ether oxygens (including phenoxy) is 2. The smallest absolute Gasteiger partial charge is 0.241 e. The van der Waals surface area contributed by atoms with Crippen LogP contribution in [0.5, 0.6) is 0 Å². The minimum Gasteiger partial charge on any atom is -0.383 e. The van der Waals surface area contributed by atoms with Crippen LogP contribution < -0.4 is 0 Å². The third-order valence-electron chi connectivity index (χ3n) is 6.75. The van der Waals surface area contributed by atoms with Crippen molar-refractivity contribution >= 4 is 17.7 Å². The van der Waals surface area contributed by atoms with Gasteiger partial charge in [0.1, 0.15) is 5.82 Å². The molecule has 0 bridgehead atoms. The molecular weight excluding hydrogens is 415 g/mol. The van der Waals surface area contributed by atoms with Gasteiger partial charge in [0, 0.05) is 45.2 Å². The average Bonchev–Trinajstić information content (AvgIpc) is 3.37. The van der Waals surface area contributed by atoms with Gasteiger partial charge in [0.05, 0.1) is 24.7 Å². The first-order valence-corrected chi connectivity index (χ1v) is 11.4. The molecule has 1 aromatic rings. The van der Waals surface area contributed by atoms with Crippen LogP contribution in [0.3, 0.4) is 0 Å². The molecule has 1 aromatic carbocycles. The van der Waals surface area contributed by atoms with Gasteiger partial charge in [-0.25, -0.2) is 4.39 Å². The van der Waals surface area contributed by atoms with Crippen molar-refractivity contribution in [1.29, 1.82) is 0 Å². The monoisotopic (exact) mass is 446 g/mol. The summed E-state index contributed by atoms with van der Waals surface area (Å²) in [7, 11) is 1.49. The number of likely N-dealkylation sites (tertiary alicyclic amines) is 1. The van der Waals surface area contributed by atoms with Crippen molar-refractivity contribution in [3.05, 3.63) is 35.6 Å². The summed E-state index contributed by atoms with van der Waals surface area (Å²) in [5.41, 5.74) is -1.43. The maximum Gasteiger partial charge on any atom is 0.241 e. The Labute approximate surface area is 187 Å². The highest BCUT2D eigenvalue weighted by atomic mass is 19.1. The van der Waals surface area contributed by atoms with Gasteiger partial charge >= 0.3 is 0 Å². The van der Waals surface area contributed by atoms with Crippen LogP contribution in [0.2, 0.25) is 0 Å². The summed E-state index contributed by atoms with van der Waals surface area (Å²) < 4.78 is 25.7. The number of carbonyl (C=O) groups excluding carboxylic acids is 3. The number of nitrogens with zero attached hydrogens (tertiary/aromatic N) is 2. The van der Waals surface area contributed by atoms with Gasteiger partial charge in [-0.3, -0.25) is 19.3 Å². The summed E-state index contributed by atoms with van der Waals surface area (Å²) in [6, 6.07) is 5.95. The van der Waals surface area contributed by atoms with Crippen LogP contribution in [-0.4, -0.2) is 73.6 Å². The lowest BCUT2D eigenvalue weighted by atomic mass is 9.75. The molecule has 8 heteroatoms. The van der Waals surface area contributed by atoms with E-state index < -0.39 is 23.0 Å². The molecule has 2 saturated heterocycles. The predicted molar refractivity (Wildman–Crippen MR) is 114 cm³/mol. The van der Waals surface area contributed by atoms with Crippen LogP contribution >= 0.6 is 0 Å². The molecule has 4 rings (SSSR count). The SMILES string of the molecule is COCCN1C(=O)C[C@@](CC(=O)N(CC2CC2)C[C@H]2CCCO2)(c2ccccc2F)C1=O. The van der Waals surface area contributed by atoms with E-state index in [0.29, 0.717) is 25.6 Å². The number of hydrogen-bond acceptors (Lipinski definition) is 5. The van der Waals surface area contributed by atoms with Gasteiger partial charge in [-0.15, -0.1) is 0 Å². The Bertz CT molecular complexity index is 868. The Morgan fingerprint density at radius 1 is 1.25 bits per heavy atom. The first-order chi connectivity index (χ1) is 15.4. The molecule has 2 aliphatic heterocycles. The lowest BCUT2D eigenvalue weighted by molar-refractivity contribution is -0.143. The fraction of sp³-hybridized carbons (Fsp3) is 0.625. The van der Waals surface area contributed by atoms with E-state index >= 15 is 0 Å². The van der Waals surface area contributed by atoms with Crippen molar-refractivity contribution in [2.75, 3.05) is 40.0 Å². The molecule has 1 aliphatic carbocycles. The maximum atomic E-state index is 14.9. The van der Waals surface area contributed by atoms with E-state index in [0.717, 1.165) is 30.6 Å². The number of halogens is 1. The van der Waals surface area contributed by atoms with Gasteiger partial charge in [-0.05, 0) is 37.7 Å². The minimum absolute atomic E-state index is 0.0128. The molecule has 7 nitrogen and oxygen atoms in total. The molecule has 0 unspecified atom stereocenters. The highest BCUT2D eigenvalue weighted by molar-refractivity contribution is 6.10. The van der Waals surface area contributed by atoms with Gasteiger partial charge in [0.25, 0.3) is 0 Å². The summed E-state index contributed by atoms with van der Waals surface area (Å²) >= 11 is 0. The topological polar surface area (TPSA) is 76.2 Å². The lowest BCUT2D eigenvalue weighted by Crippen LogP contribution is -2.46. The zero-order chi connectivity index (χ0) is 22.7. The van der Waals surface area contributed by atoms with E-state index in [1.807, 2.05) is 0 Å². The summed E-state index contributed by atoms with van der Waals surface area (Å²) in [4.78, 5) is 42.7. The molecule has 2 heterocycles. The first-order valence-electron chi connectivity index (χ1n) is 11.4. The van der Waals surface area contributed by atoms with Crippen LogP contribution in [0.15, 0.2) is 24.3 Å². The second-order valence-corrected chi connectivity index (χ2v) is 9.14. The van der Waals surface area contributed by atoms with E-state index in [4.69, 9.17) is 9.47 Å². The van der Waals surface area contributed by atoms with E-state index in [2.05, 4.69) is 0 Å². The third kappa shape index (κ3) is 4.71. The minimum atomic E-state index is -1.54. The first kappa shape index (κ1) is 22.9. The van der Waals surface area contributed by atoms with Crippen LogP contribution in [0, 0.1) is 11.7 Å². The van der Waals surface area contributed by atoms with Crippen LogP contribution in [0.4, 0.5) is 4.39 Å². The molecule has 2 atom stereocenters. The fourth-order valence-electron chi connectivity index (χ4n) is 4.80. The zero-order valence-electron chi connectivity index (χ0n) is 18.6. The van der Waals surface area contributed by atoms with Crippen LogP contribution in [0.1, 0.15) is 44.1 Å². The van der Waals surface area contributed by atoms with E-state index in [1.165, 1.54) is 25.3 Å².